The van der Waals surface area contributed by atoms with E-state index < -0.39 is 23.7 Å². The molecule has 16 heavy (non-hydrogen) atoms. The van der Waals surface area contributed by atoms with Crippen molar-refractivity contribution in [3.63, 3.8) is 0 Å². The lowest BCUT2D eigenvalue weighted by Gasteiger charge is -2.13. The Balaban J connectivity index is 4.60. The second-order valence-electron chi connectivity index (χ2n) is 2.47. The number of hydrogen-bond acceptors (Lipinski definition) is 5. The van der Waals surface area contributed by atoms with Gasteiger partial charge in [-0.15, -0.1) is 23.2 Å². The quantitative estimate of drug-likeness (QED) is 0.534. The molecule has 0 saturated carbocycles. The molecule has 96 valence electrons. The van der Waals surface area contributed by atoms with Crippen molar-refractivity contribution in [2.24, 2.45) is 0 Å². The van der Waals surface area contributed by atoms with Crippen LogP contribution in [0.4, 0.5) is 0 Å². The minimum atomic E-state index is -3.78. The summed E-state index contributed by atoms with van der Waals surface area (Å²) in [6, 6.07) is 0. The van der Waals surface area contributed by atoms with Crippen molar-refractivity contribution in [3.05, 3.63) is 11.0 Å². The summed E-state index contributed by atoms with van der Waals surface area (Å²) in [5.41, 5.74) is 0. The van der Waals surface area contributed by atoms with Crippen LogP contribution in [0.25, 0.3) is 0 Å². The Kier molecular flexibility index (Phi) is 8.10. The number of allylic oxidation sites excluding steroid dienone is 2. The van der Waals surface area contributed by atoms with Gasteiger partial charge in [-0.25, -0.2) is 8.77 Å². The van der Waals surface area contributed by atoms with Gasteiger partial charge in [-0.1, -0.05) is 0 Å². The van der Waals surface area contributed by atoms with Crippen LogP contribution in [0.5, 0.6) is 0 Å². The Bertz CT molecular complexity index is 320. The third-order valence-electron chi connectivity index (χ3n) is 1.29. The number of phosphoric acid groups is 1. The molecule has 0 spiro atoms. The molecule has 0 aromatic rings. The molecule has 2 unspecified atom stereocenters. The standard InChI is InChI=1S/C7H13Cl2O5PS/c1-4-13-15(10,12-3)14-16(11)6(2)5-7(8)9/h5,7H,4H2,1-3H3. The molecule has 0 aliphatic carbocycles. The van der Waals surface area contributed by atoms with E-state index in [2.05, 4.69) is 8.49 Å². The Morgan fingerprint density at radius 3 is 2.50 bits per heavy atom. The maximum absolute atomic E-state index is 11.6. The fourth-order valence-electron chi connectivity index (χ4n) is 0.637. The summed E-state index contributed by atoms with van der Waals surface area (Å²) in [5, 5.41) is 0. The minimum Gasteiger partial charge on any atom is -0.290 e. The van der Waals surface area contributed by atoms with Crippen LogP contribution in [-0.2, 0) is 28.7 Å². The molecular weight excluding hydrogens is 298 g/mol. The van der Waals surface area contributed by atoms with Crippen LogP contribution in [0.3, 0.4) is 0 Å². The molecule has 0 aliphatic heterocycles. The number of halogens is 2. The molecule has 0 fully saturated rings. The summed E-state index contributed by atoms with van der Waals surface area (Å²) in [6.45, 7) is 3.19. The molecule has 0 rings (SSSR count). The highest BCUT2D eigenvalue weighted by Crippen LogP contribution is 2.50. The predicted octanol–water partition coefficient (Wildman–Crippen LogP) is 3.17. The van der Waals surface area contributed by atoms with Gasteiger partial charge in [-0.2, -0.15) is 3.97 Å². The van der Waals surface area contributed by atoms with Crippen LogP contribution >= 0.6 is 31.0 Å². The van der Waals surface area contributed by atoms with E-state index in [1.165, 1.54) is 13.0 Å². The summed E-state index contributed by atoms with van der Waals surface area (Å²) in [7, 11) is -2.64. The fraction of sp³-hybridized carbons (Fsp3) is 0.714. The van der Waals surface area contributed by atoms with E-state index >= 15 is 0 Å². The third-order valence-corrected chi connectivity index (χ3v) is 4.50. The van der Waals surface area contributed by atoms with Crippen LogP contribution in [0.1, 0.15) is 13.8 Å². The zero-order valence-corrected chi connectivity index (χ0v) is 12.2. The smallest absolute Gasteiger partial charge is 0.290 e. The first-order valence-electron chi connectivity index (χ1n) is 4.23. The molecule has 0 heterocycles. The van der Waals surface area contributed by atoms with E-state index in [9.17, 15) is 8.77 Å². The first-order valence-corrected chi connectivity index (χ1v) is 7.64. The van der Waals surface area contributed by atoms with Crippen LogP contribution < -0.4 is 0 Å². The molecule has 0 saturated heterocycles. The largest absolute Gasteiger partial charge is 0.487 e. The summed E-state index contributed by atoms with van der Waals surface area (Å²) >= 11 is 8.92. The van der Waals surface area contributed by atoms with Gasteiger partial charge in [0.25, 0.3) is 0 Å². The van der Waals surface area contributed by atoms with Crippen LogP contribution in [0.2, 0.25) is 0 Å². The Morgan fingerprint density at radius 1 is 1.56 bits per heavy atom. The number of alkyl halides is 2. The average molecular weight is 311 g/mol. The molecule has 0 aromatic heterocycles. The first kappa shape index (κ1) is 16.6. The van der Waals surface area contributed by atoms with Crippen molar-refractivity contribution in [2.45, 2.75) is 18.7 Å². The second kappa shape index (κ2) is 7.82. The molecule has 0 radical (unpaired) electrons. The van der Waals surface area contributed by atoms with Gasteiger partial charge in [0, 0.05) is 12.0 Å². The maximum Gasteiger partial charge on any atom is 0.487 e. The maximum atomic E-state index is 11.6. The average Bonchev–Trinajstić information content (AvgIpc) is 2.17. The zero-order valence-electron chi connectivity index (χ0n) is 9.01. The molecule has 0 bridgehead atoms. The third kappa shape index (κ3) is 6.35. The highest BCUT2D eigenvalue weighted by molar-refractivity contribution is 7.88. The molecular formula is C7H13Cl2O5PS. The summed E-state index contributed by atoms with van der Waals surface area (Å²) in [5.74, 6) is 0. The number of rotatable bonds is 7. The van der Waals surface area contributed by atoms with E-state index in [0.29, 0.717) is 0 Å². The van der Waals surface area contributed by atoms with Crippen molar-refractivity contribution in [1.29, 1.82) is 0 Å². The zero-order chi connectivity index (χ0) is 12.8. The van der Waals surface area contributed by atoms with Gasteiger partial charge < -0.3 is 0 Å². The Hall–Kier alpha value is 0.580. The summed E-state index contributed by atoms with van der Waals surface area (Å²) in [4.78, 5) is -0.589. The fourth-order valence-corrected chi connectivity index (χ4v) is 3.38. The summed E-state index contributed by atoms with van der Waals surface area (Å²) in [6.07, 6.45) is 1.30. The van der Waals surface area contributed by atoms with E-state index in [-0.39, 0.29) is 11.5 Å². The van der Waals surface area contributed by atoms with E-state index in [0.717, 1.165) is 7.11 Å². The predicted molar refractivity (Wildman–Crippen MR) is 64.7 cm³/mol. The lowest BCUT2D eigenvalue weighted by Crippen LogP contribution is -2.02. The lowest BCUT2D eigenvalue weighted by molar-refractivity contribution is 0.193. The second-order valence-corrected chi connectivity index (χ2v) is 6.86. The number of hydrogen-bond donors (Lipinski definition) is 0. The monoisotopic (exact) mass is 310 g/mol. The molecule has 2 atom stereocenters. The van der Waals surface area contributed by atoms with Gasteiger partial charge in [-0.05, 0) is 19.9 Å². The highest BCUT2D eigenvalue weighted by atomic mass is 35.5. The lowest BCUT2D eigenvalue weighted by atomic mass is 10.6. The van der Waals surface area contributed by atoms with Crippen molar-refractivity contribution in [1.82, 2.24) is 0 Å². The van der Waals surface area contributed by atoms with Crippen LogP contribution in [0.15, 0.2) is 11.0 Å². The molecule has 5 nitrogen and oxygen atoms in total. The SMILES string of the molecule is CCOP(=O)(OC)OS(=O)C(C)=CC(Cl)Cl. The molecule has 9 heteroatoms. The Labute approximate surface area is 107 Å². The van der Waals surface area contributed by atoms with Crippen molar-refractivity contribution < 1.29 is 21.8 Å². The summed E-state index contributed by atoms with van der Waals surface area (Å²) < 4.78 is 37.1. The van der Waals surface area contributed by atoms with Gasteiger partial charge >= 0.3 is 7.82 Å². The van der Waals surface area contributed by atoms with Crippen LogP contribution in [0, 0.1) is 0 Å². The van der Waals surface area contributed by atoms with Crippen molar-refractivity contribution >= 4 is 42.1 Å². The number of phosphoric ester groups is 1. The normalized spacial score (nSPS) is 18.5. The van der Waals surface area contributed by atoms with Crippen LogP contribution in [-0.4, -0.2) is 22.8 Å². The first-order chi connectivity index (χ1) is 7.34. The molecule has 0 N–H and O–H groups in total. The van der Waals surface area contributed by atoms with Crippen molar-refractivity contribution in [3.8, 4) is 0 Å². The molecule has 0 aliphatic rings. The highest BCUT2D eigenvalue weighted by Gasteiger charge is 2.28. The van der Waals surface area contributed by atoms with Gasteiger partial charge in [0.15, 0.2) is 11.1 Å². The van der Waals surface area contributed by atoms with E-state index in [4.69, 9.17) is 27.7 Å². The molecule has 0 amide bonds. The topological polar surface area (TPSA) is 61.8 Å². The van der Waals surface area contributed by atoms with E-state index in [1.807, 2.05) is 0 Å². The Morgan fingerprint density at radius 2 is 2.12 bits per heavy atom. The van der Waals surface area contributed by atoms with Gasteiger partial charge in [0.2, 0.25) is 0 Å². The molecule has 0 aromatic carbocycles. The van der Waals surface area contributed by atoms with Gasteiger partial charge in [0.1, 0.15) is 4.84 Å². The minimum absolute atomic E-state index is 0.110. The van der Waals surface area contributed by atoms with Gasteiger partial charge in [0.05, 0.1) is 6.61 Å². The van der Waals surface area contributed by atoms with E-state index in [1.54, 1.807) is 6.92 Å². The van der Waals surface area contributed by atoms with Gasteiger partial charge in [-0.3, -0.25) is 9.05 Å². The van der Waals surface area contributed by atoms with Crippen molar-refractivity contribution in [2.75, 3.05) is 13.7 Å².